The highest BCUT2D eigenvalue weighted by molar-refractivity contribution is 7.90. The van der Waals surface area contributed by atoms with E-state index in [9.17, 15) is 26.4 Å². The molecule has 12 heteroatoms. The Kier molecular flexibility index (Phi) is 5.87. The molecular weight excluding hydrogens is 405 g/mol. The van der Waals surface area contributed by atoms with Gasteiger partial charge in [-0.25, -0.2) is 13.2 Å². The first-order chi connectivity index (χ1) is 13.0. The van der Waals surface area contributed by atoms with Crippen molar-refractivity contribution < 1.29 is 41.0 Å². The van der Waals surface area contributed by atoms with Crippen LogP contribution in [0.15, 0.2) is 0 Å². The molecule has 2 heterocycles. The molecule has 1 aliphatic carbocycles. The Morgan fingerprint density at radius 2 is 1.96 bits per heavy atom. The Bertz CT molecular complexity index is 689. The molecule has 2 aliphatic heterocycles. The number of carbonyl (C=O) groups is 1. The fourth-order valence-electron chi connectivity index (χ4n) is 3.71. The molecule has 0 bridgehead atoms. The number of rotatable bonds is 5. The van der Waals surface area contributed by atoms with Gasteiger partial charge in [0, 0.05) is 20.1 Å². The number of hydrogen-bond acceptors (Lipinski definition) is 6. The molecule has 1 amide bonds. The second kappa shape index (κ2) is 7.62. The third-order valence-electron chi connectivity index (χ3n) is 5.76. The standard InChI is InChI=1S/C16H25F3N2O6S/c1-20(28(24,25)12-2-3-12)11-8-15(26-10-11)4-6-21(7-5-15)14(23)27-13(9-22)16(17,18)19/h11-13,22H,2-10H2,1H3/t11?,13-/m1/s1. The largest absolute Gasteiger partial charge is 0.434 e. The van der Waals surface area contributed by atoms with Crippen molar-refractivity contribution in [3.63, 3.8) is 0 Å². The molecule has 28 heavy (non-hydrogen) atoms. The van der Waals surface area contributed by atoms with E-state index in [1.807, 2.05) is 0 Å². The fraction of sp³-hybridized carbons (Fsp3) is 0.938. The van der Waals surface area contributed by atoms with Gasteiger partial charge < -0.3 is 19.5 Å². The summed E-state index contributed by atoms with van der Waals surface area (Å²) < 4.78 is 74.3. The van der Waals surface area contributed by atoms with E-state index in [1.54, 1.807) is 7.05 Å². The zero-order valence-corrected chi connectivity index (χ0v) is 16.3. The molecule has 1 unspecified atom stereocenters. The number of carbonyl (C=O) groups excluding carboxylic acids is 1. The van der Waals surface area contributed by atoms with Crippen LogP contribution in [0.4, 0.5) is 18.0 Å². The van der Waals surface area contributed by atoms with Crippen molar-refractivity contribution in [1.82, 2.24) is 9.21 Å². The number of hydrogen-bond donors (Lipinski definition) is 1. The predicted octanol–water partition coefficient (Wildman–Crippen LogP) is 1.09. The summed E-state index contributed by atoms with van der Waals surface area (Å²) in [6.45, 7) is -0.797. The van der Waals surface area contributed by atoms with Gasteiger partial charge in [0.25, 0.3) is 0 Å². The van der Waals surface area contributed by atoms with Crippen molar-refractivity contribution >= 4 is 16.1 Å². The van der Waals surface area contributed by atoms with Crippen molar-refractivity contribution in [3.05, 3.63) is 0 Å². The SMILES string of the molecule is CN(C1COC2(CCN(C(=O)O[C@H](CO)C(F)(F)F)CC2)C1)S(=O)(=O)C1CC1. The third-order valence-corrected chi connectivity index (χ3v) is 8.17. The number of amides is 1. The summed E-state index contributed by atoms with van der Waals surface area (Å²) >= 11 is 0. The lowest BCUT2D eigenvalue weighted by molar-refractivity contribution is -0.215. The maximum absolute atomic E-state index is 12.6. The fourth-order valence-corrected chi connectivity index (χ4v) is 5.46. The Morgan fingerprint density at radius 1 is 1.36 bits per heavy atom. The summed E-state index contributed by atoms with van der Waals surface area (Å²) in [4.78, 5) is 13.1. The van der Waals surface area contributed by atoms with Crippen LogP contribution in [0.5, 0.6) is 0 Å². The van der Waals surface area contributed by atoms with E-state index < -0.39 is 40.6 Å². The molecule has 0 aromatic rings. The zero-order chi connectivity index (χ0) is 20.7. The molecule has 1 saturated carbocycles. The highest BCUT2D eigenvalue weighted by Gasteiger charge is 2.49. The van der Waals surface area contributed by atoms with E-state index in [-0.39, 0.29) is 31.0 Å². The van der Waals surface area contributed by atoms with Crippen molar-refractivity contribution in [3.8, 4) is 0 Å². The molecular formula is C16H25F3N2O6S. The molecule has 2 saturated heterocycles. The van der Waals surface area contributed by atoms with Gasteiger partial charge in [0.1, 0.15) is 0 Å². The van der Waals surface area contributed by atoms with E-state index in [0.29, 0.717) is 32.1 Å². The molecule has 0 aromatic heterocycles. The number of sulfonamides is 1. The minimum absolute atomic E-state index is 0.140. The second-order valence-electron chi connectivity index (χ2n) is 7.70. The topological polar surface area (TPSA) is 96.4 Å². The van der Waals surface area contributed by atoms with E-state index >= 15 is 0 Å². The number of piperidine rings is 1. The van der Waals surface area contributed by atoms with Crippen LogP contribution in [-0.4, -0.2) is 91.3 Å². The zero-order valence-electron chi connectivity index (χ0n) is 15.5. The van der Waals surface area contributed by atoms with Gasteiger partial charge in [-0.05, 0) is 32.1 Å². The number of halogens is 3. The smallest absolute Gasteiger partial charge is 0.427 e. The van der Waals surface area contributed by atoms with Crippen LogP contribution in [0.1, 0.15) is 32.1 Å². The summed E-state index contributed by atoms with van der Waals surface area (Å²) in [5.74, 6) is 0. The van der Waals surface area contributed by atoms with Gasteiger partial charge in [0.15, 0.2) is 0 Å². The average Bonchev–Trinajstić information content (AvgIpc) is 3.42. The summed E-state index contributed by atoms with van der Waals surface area (Å²) in [6, 6.07) is -0.284. The number of likely N-dealkylation sites (tertiary alicyclic amines) is 1. The van der Waals surface area contributed by atoms with Gasteiger partial charge in [-0.15, -0.1) is 0 Å². The van der Waals surface area contributed by atoms with Crippen LogP contribution in [0, 0.1) is 0 Å². The Morgan fingerprint density at radius 3 is 2.46 bits per heavy atom. The maximum Gasteiger partial charge on any atom is 0.427 e. The van der Waals surface area contributed by atoms with Crippen LogP contribution < -0.4 is 0 Å². The number of aliphatic hydroxyl groups excluding tert-OH is 1. The minimum Gasteiger partial charge on any atom is -0.434 e. The van der Waals surface area contributed by atoms with Crippen molar-refractivity contribution in [2.75, 3.05) is 33.4 Å². The lowest BCUT2D eigenvalue weighted by Gasteiger charge is -2.38. The summed E-state index contributed by atoms with van der Waals surface area (Å²) in [5.41, 5.74) is -0.588. The number of nitrogens with zero attached hydrogens (tertiary/aromatic N) is 2. The second-order valence-corrected chi connectivity index (χ2v) is 9.97. The van der Waals surface area contributed by atoms with Crippen LogP contribution >= 0.6 is 0 Å². The quantitative estimate of drug-likeness (QED) is 0.702. The van der Waals surface area contributed by atoms with Crippen molar-refractivity contribution in [1.29, 1.82) is 0 Å². The first kappa shape index (κ1) is 21.6. The van der Waals surface area contributed by atoms with Crippen LogP contribution in [-0.2, 0) is 19.5 Å². The molecule has 8 nitrogen and oxygen atoms in total. The first-order valence-electron chi connectivity index (χ1n) is 9.22. The van der Waals surface area contributed by atoms with Gasteiger partial charge in [0.2, 0.25) is 16.1 Å². The first-order valence-corrected chi connectivity index (χ1v) is 10.7. The Hall–Kier alpha value is -1.11. The van der Waals surface area contributed by atoms with E-state index in [0.717, 1.165) is 4.90 Å². The van der Waals surface area contributed by atoms with Crippen molar-refractivity contribution in [2.24, 2.45) is 0 Å². The summed E-state index contributed by atoms with van der Waals surface area (Å²) in [5, 5.41) is 8.47. The van der Waals surface area contributed by atoms with Crippen LogP contribution in [0.3, 0.4) is 0 Å². The molecule has 1 N–H and O–H groups in total. The Balaban J connectivity index is 1.53. The van der Waals surface area contributed by atoms with Crippen molar-refractivity contribution in [2.45, 2.75) is 61.3 Å². The highest BCUT2D eigenvalue weighted by Crippen LogP contribution is 2.40. The molecule has 0 aromatic carbocycles. The monoisotopic (exact) mass is 430 g/mol. The van der Waals surface area contributed by atoms with E-state index in [4.69, 9.17) is 9.84 Å². The molecule has 0 radical (unpaired) electrons. The molecule has 3 fully saturated rings. The molecule has 3 rings (SSSR count). The van der Waals surface area contributed by atoms with Gasteiger partial charge >= 0.3 is 12.3 Å². The lowest BCUT2D eigenvalue weighted by Crippen LogP contribution is -2.49. The molecule has 2 atom stereocenters. The number of ether oxygens (including phenoxy) is 2. The summed E-state index contributed by atoms with van der Waals surface area (Å²) in [6.07, 6.45) is -5.92. The van der Waals surface area contributed by atoms with Gasteiger partial charge in [-0.3, -0.25) is 0 Å². The van der Waals surface area contributed by atoms with Gasteiger partial charge in [-0.1, -0.05) is 0 Å². The third kappa shape index (κ3) is 4.39. The van der Waals surface area contributed by atoms with Crippen LogP contribution in [0.25, 0.3) is 0 Å². The predicted molar refractivity (Wildman–Crippen MR) is 91.0 cm³/mol. The average molecular weight is 430 g/mol. The lowest BCUT2D eigenvalue weighted by atomic mass is 9.87. The van der Waals surface area contributed by atoms with Gasteiger partial charge in [0.05, 0.1) is 30.1 Å². The van der Waals surface area contributed by atoms with Crippen LogP contribution in [0.2, 0.25) is 0 Å². The summed E-state index contributed by atoms with van der Waals surface area (Å²) in [7, 11) is -1.77. The highest BCUT2D eigenvalue weighted by atomic mass is 32.2. The molecule has 162 valence electrons. The minimum atomic E-state index is -4.83. The number of alkyl halides is 3. The van der Waals surface area contributed by atoms with E-state index in [1.165, 1.54) is 4.31 Å². The number of aliphatic hydroxyl groups is 1. The molecule has 1 spiro atoms. The van der Waals surface area contributed by atoms with E-state index in [2.05, 4.69) is 4.74 Å². The van der Waals surface area contributed by atoms with Gasteiger partial charge in [-0.2, -0.15) is 17.5 Å². The normalized spacial score (nSPS) is 26.6. The molecule has 3 aliphatic rings. The maximum atomic E-state index is 12.6. The Labute approximate surface area is 161 Å². The number of likely N-dealkylation sites (N-methyl/N-ethyl adjacent to an activating group) is 1.